The molecule has 2 saturated heterocycles. The predicted molar refractivity (Wildman–Crippen MR) is 75.0 cm³/mol. The fourth-order valence-corrected chi connectivity index (χ4v) is 2.85. The van der Waals surface area contributed by atoms with E-state index < -0.39 is 0 Å². The van der Waals surface area contributed by atoms with Crippen molar-refractivity contribution in [2.24, 2.45) is 0 Å². The number of likely N-dealkylation sites (tertiary alicyclic amines) is 1. The Hall–Kier alpha value is -0.160. The average Bonchev–Trinajstić information content (AvgIpc) is 2.57. The van der Waals surface area contributed by atoms with E-state index in [0.29, 0.717) is 6.10 Å². The molecule has 2 rings (SSSR count). The molecule has 2 fully saturated rings. The summed E-state index contributed by atoms with van der Waals surface area (Å²) in [4.78, 5) is 7.46. The highest BCUT2D eigenvalue weighted by Gasteiger charge is 2.23. The van der Waals surface area contributed by atoms with E-state index in [2.05, 4.69) is 28.7 Å². The molecule has 18 heavy (non-hydrogen) atoms. The summed E-state index contributed by atoms with van der Waals surface area (Å²) in [6.07, 6.45) is 3.02. The normalized spacial score (nSPS) is 25.0. The summed E-state index contributed by atoms with van der Waals surface area (Å²) in [6.45, 7) is 12.9. The second-order valence-corrected chi connectivity index (χ2v) is 5.70. The van der Waals surface area contributed by atoms with Gasteiger partial charge in [-0.1, -0.05) is 6.92 Å². The number of hydrogen-bond acceptors (Lipinski definition) is 4. The van der Waals surface area contributed by atoms with Crippen LogP contribution in [0.3, 0.4) is 0 Å². The molecule has 0 radical (unpaired) electrons. The highest BCUT2D eigenvalue weighted by Crippen LogP contribution is 2.09. The third kappa shape index (κ3) is 4.50. The van der Waals surface area contributed by atoms with E-state index >= 15 is 0 Å². The Kier molecular flexibility index (Phi) is 5.89. The van der Waals surface area contributed by atoms with Crippen LogP contribution < -0.4 is 0 Å². The first-order valence-electron chi connectivity index (χ1n) is 7.53. The third-order valence-electron chi connectivity index (χ3n) is 4.13. The zero-order valence-electron chi connectivity index (χ0n) is 12.1. The van der Waals surface area contributed by atoms with Crippen LogP contribution in [0.15, 0.2) is 0 Å². The van der Waals surface area contributed by atoms with Crippen molar-refractivity contribution in [3.8, 4) is 0 Å². The minimum atomic E-state index is 0.509. The van der Waals surface area contributed by atoms with Crippen molar-refractivity contribution >= 4 is 0 Å². The van der Waals surface area contributed by atoms with E-state index in [4.69, 9.17) is 4.74 Å². The van der Waals surface area contributed by atoms with Crippen molar-refractivity contribution in [2.45, 2.75) is 25.9 Å². The summed E-state index contributed by atoms with van der Waals surface area (Å²) in [5, 5.41) is 0. The molecule has 2 heterocycles. The van der Waals surface area contributed by atoms with Gasteiger partial charge in [-0.25, -0.2) is 0 Å². The van der Waals surface area contributed by atoms with Gasteiger partial charge >= 0.3 is 0 Å². The quantitative estimate of drug-likeness (QED) is 0.652. The summed E-state index contributed by atoms with van der Waals surface area (Å²) >= 11 is 0. The molecule has 2 aliphatic rings. The Morgan fingerprint density at radius 3 is 2.50 bits per heavy atom. The number of likely N-dealkylation sites (N-methyl/N-ethyl adjacent to an activating group) is 2. The van der Waals surface area contributed by atoms with Gasteiger partial charge in [0.1, 0.15) is 0 Å². The van der Waals surface area contributed by atoms with Crippen molar-refractivity contribution < 1.29 is 4.74 Å². The molecule has 0 aliphatic carbocycles. The van der Waals surface area contributed by atoms with E-state index in [1.165, 1.54) is 52.1 Å². The van der Waals surface area contributed by atoms with Crippen LogP contribution >= 0.6 is 0 Å². The molecule has 0 aromatic carbocycles. The van der Waals surface area contributed by atoms with E-state index in [0.717, 1.165) is 19.7 Å². The summed E-state index contributed by atoms with van der Waals surface area (Å²) in [6, 6.07) is 0. The first kappa shape index (κ1) is 14.3. The van der Waals surface area contributed by atoms with Crippen molar-refractivity contribution in [3.63, 3.8) is 0 Å². The first-order valence-corrected chi connectivity index (χ1v) is 7.53. The van der Waals surface area contributed by atoms with Crippen LogP contribution in [0.2, 0.25) is 0 Å². The summed E-state index contributed by atoms with van der Waals surface area (Å²) in [7, 11) is 2.15. The van der Waals surface area contributed by atoms with Crippen molar-refractivity contribution in [1.82, 2.24) is 14.7 Å². The van der Waals surface area contributed by atoms with Crippen LogP contribution in [0.25, 0.3) is 0 Å². The minimum Gasteiger partial charge on any atom is -0.376 e. The molecule has 2 aliphatic heterocycles. The molecule has 0 bridgehead atoms. The Morgan fingerprint density at radius 2 is 1.78 bits per heavy atom. The maximum absolute atomic E-state index is 5.83. The van der Waals surface area contributed by atoms with Gasteiger partial charge in [0.25, 0.3) is 0 Å². The largest absolute Gasteiger partial charge is 0.376 e. The Balaban J connectivity index is 1.51. The number of ether oxygens (including phenoxy) is 1. The van der Waals surface area contributed by atoms with Gasteiger partial charge < -0.3 is 19.4 Å². The van der Waals surface area contributed by atoms with Gasteiger partial charge in [-0.2, -0.15) is 0 Å². The van der Waals surface area contributed by atoms with Gasteiger partial charge in [-0.15, -0.1) is 0 Å². The van der Waals surface area contributed by atoms with Crippen LogP contribution in [0.4, 0.5) is 0 Å². The van der Waals surface area contributed by atoms with Crippen LogP contribution in [-0.4, -0.2) is 86.8 Å². The maximum atomic E-state index is 5.83. The standard InChI is InChI=1S/C14H29N3O/c1-3-16-6-4-7-17(10-9-16)8-5-11-18-14-12-15(2)13-14/h14H,3-13H2,1-2H3. The van der Waals surface area contributed by atoms with Crippen molar-refractivity contribution in [2.75, 3.05) is 66.0 Å². The highest BCUT2D eigenvalue weighted by molar-refractivity contribution is 4.77. The maximum Gasteiger partial charge on any atom is 0.0828 e. The summed E-state index contributed by atoms with van der Waals surface area (Å²) in [5.74, 6) is 0. The minimum absolute atomic E-state index is 0.509. The van der Waals surface area contributed by atoms with Crippen LogP contribution in [-0.2, 0) is 4.74 Å². The zero-order chi connectivity index (χ0) is 12.8. The van der Waals surface area contributed by atoms with Gasteiger partial charge in [0, 0.05) is 39.3 Å². The lowest BCUT2D eigenvalue weighted by atomic mass is 10.2. The molecular formula is C14H29N3O. The van der Waals surface area contributed by atoms with Crippen molar-refractivity contribution in [3.05, 3.63) is 0 Å². The van der Waals surface area contributed by atoms with E-state index in [1.54, 1.807) is 0 Å². The number of nitrogens with zero attached hydrogens (tertiary/aromatic N) is 3. The number of rotatable bonds is 6. The summed E-state index contributed by atoms with van der Waals surface area (Å²) in [5.41, 5.74) is 0. The second kappa shape index (κ2) is 7.43. The SMILES string of the molecule is CCN1CCCN(CCCOC2CN(C)C2)CC1. The lowest BCUT2D eigenvalue weighted by molar-refractivity contribution is -0.0452. The molecule has 0 N–H and O–H groups in total. The lowest BCUT2D eigenvalue weighted by Gasteiger charge is -2.35. The van der Waals surface area contributed by atoms with E-state index in [9.17, 15) is 0 Å². The molecule has 0 amide bonds. The van der Waals surface area contributed by atoms with Crippen LogP contribution in [0.5, 0.6) is 0 Å². The van der Waals surface area contributed by atoms with Gasteiger partial charge in [-0.05, 0) is 39.5 Å². The average molecular weight is 255 g/mol. The second-order valence-electron chi connectivity index (χ2n) is 5.70. The van der Waals surface area contributed by atoms with Gasteiger partial charge in [0.05, 0.1) is 6.10 Å². The van der Waals surface area contributed by atoms with Gasteiger partial charge in [0.15, 0.2) is 0 Å². The van der Waals surface area contributed by atoms with Gasteiger partial charge in [0.2, 0.25) is 0 Å². The lowest BCUT2D eigenvalue weighted by Crippen LogP contribution is -2.49. The molecule has 0 aromatic rings. The Labute approximate surface area is 112 Å². The monoisotopic (exact) mass is 255 g/mol. The summed E-state index contributed by atoms with van der Waals surface area (Å²) < 4.78 is 5.83. The molecule has 4 heteroatoms. The van der Waals surface area contributed by atoms with Crippen molar-refractivity contribution in [1.29, 1.82) is 0 Å². The molecular weight excluding hydrogens is 226 g/mol. The molecule has 106 valence electrons. The molecule has 0 saturated carbocycles. The molecule has 0 unspecified atom stereocenters. The Morgan fingerprint density at radius 1 is 1.06 bits per heavy atom. The molecule has 0 aromatic heterocycles. The van der Waals surface area contributed by atoms with Crippen LogP contribution in [0.1, 0.15) is 19.8 Å². The predicted octanol–water partition coefficient (Wildman–Crippen LogP) is 0.735. The number of hydrogen-bond donors (Lipinski definition) is 0. The first-order chi connectivity index (χ1) is 8.78. The third-order valence-corrected chi connectivity index (χ3v) is 4.13. The van der Waals surface area contributed by atoms with Crippen LogP contribution in [0, 0.1) is 0 Å². The topological polar surface area (TPSA) is 19.0 Å². The highest BCUT2D eigenvalue weighted by atomic mass is 16.5. The molecule has 0 spiro atoms. The molecule has 4 nitrogen and oxygen atoms in total. The van der Waals surface area contributed by atoms with E-state index in [-0.39, 0.29) is 0 Å². The van der Waals surface area contributed by atoms with E-state index in [1.807, 2.05) is 0 Å². The fraction of sp³-hybridized carbons (Fsp3) is 1.00. The zero-order valence-corrected chi connectivity index (χ0v) is 12.1. The Bertz CT molecular complexity index is 231. The smallest absolute Gasteiger partial charge is 0.0828 e. The molecule has 0 atom stereocenters. The van der Waals surface area contributed by atoms with Gasteiger partial charge in [-0.3, -0.25) is 0 Å². The fourth-order valence-electron chi connectivity index (χ4n) is 2.85.